The summed E-state index contributed by atoms with van der Waals surface area (Å²) in [4.78, 5) is 0. The lowest BCUT2D eigenvalue weighted by Crippen LogP contribution is -2.45. The van der Waals surface area contributed by atoms with Crippen LogP contribution in [-0.4, -0.2) is 14.4 Å². The van der Waals surface area contributed by atoms with E-state index in [0.29, 0.717) is 5.92 Å². The Labute approximate surface area is 125 Å². The normalized spacial score (nSPS) is 24.5. The van der Waals surface area contributed by atoms with Crippen molar-refractivity contribution in [3.63, 3.8) is 0 Å². The predicted molar refractivity (Wildman–Crippen MR) is 87.9 cm³/mol. The maximum atomic E-state index is 9.36. The highest BCUT2D eigenvalue weighted by Gasteiger charge is 2.41. The molecule has 0 heterocycles. The Hall–Kier alpha value is -0.853. The molecule has 1 aliphatic carbocycles. The number of hydrogen-bond acceptors (Lipinski definition) is 2. The van der Waals surface area contributed by atoms with E-state index >= 15 is 0 Å². The van der Waals surface area contributed by atoms with Crippen molar-refractivity contribution in [1.82, 2.24) is 0 Å². The van der Waals surface area contributed by atoms with Gasteiger partial charge in [-0.3, -0.25) is 0 Å². The highest BCUT2D eigenvalue weighted by atomic mass is 28.4. The Balaban J connectivity index is 3.04. The second-order valence-electron chi connectivity index (χ2n) is 7.62. The van der Waals surface area contributed by atoms with Gasteiger partial charge in [0.2, 0.25) is 0 Å². The number of rotatable bonds is 3. The van der Waals surface area contributed by atoms with Crippen LogP contribution in [0.15, 0.2) is 23.3 Å². The van der Waals surface area contributed by atoms with Crippen molar-refractivity contribution < 1.29 is 4.43 Å². The molecule has 0 bridgehead atoms. The van der Waals surface area contributed by atoms with Gasteiger partial charge in [-0.1, -0.05) is 32.9 Å². The van der Waals surface area contributed by atoms with E-state index in [9.17, 15) is 5.26 Å². The van der Waals surface area contributed by atoms with Crippen LogP contribution in [0.25, 0.3) is 0 Å². The van der Waals surface area contributed by atoms with Crippen molar-refractivity contribution in [2.75, 3.05) is 0 Å². The van der Waals surface area contributed by atoms with Gasteiger partial charge in [0.05, 0.1) is 12.2 Å². The summed E-state index contributed by atoms with van der Waals surface area (Å²) < 4.78 is 6.56. The molecule has 2 atom stereocenters. The molecule has 3 heteroatoms. The van der Waals surface area contributed by atoms with Gasteiger partial charge in [0, 0.05) is 5.57 Å². The SMILES string of the molecule is C=C(C)[C@H]1CC(C#N)=C(C)[C@@H](O[Si](C)(C)C(C)(C)C)C1. The topological polar surface area (TPSA) is 33.0 Å². The minimum Gasteiger partial charge on any atom is -0.410 e. The molecule has 0 aromatic carbocycles. The maximum absolute atomic E-state index is 9.36. The van der Waals surface area contributed by atoms with E-state index in [4.69, 9.17) is 4.43 Å². The van der Waals surface area contributed by atoms with Gasteiger partial charge in [0.15, 0.2) is 8.32 Å². The van der Waals surface area contributed by atoms with Crippen LogP contribution in [0.3, 0.4) is 0 Å². The van der Waals surface area contributed by atoms with Gasteiger partial charge in [-0.2, -0.15) is 5.26 Å². The second-order valence-corrected chi connectivity index (χ2v) is 12.4. The third-order valence-electron chi connectivity index (χ3n) is 4.98. The summed E-state index contributed by atoms with van der Waals surface area (Å²) in [7, 11) is -1.81. The van der Waals surface area contributed by atoms with Crippen LogP contribution >= 0.6 is 0 Å². The average Bonchev–Trinajstić information content (AvgIpc) is 2.29. The van der Waals surface area contributed by atoms with E-state index < -0.39 is 8.32 Å². The Morgan fingerprint density at radius 2 is 1.95 bits per heavy atom. The van der Waals surface area contributed by atoms with E-state index in [1.807, 2.05) is 0 Å². The van der Waals surface area contributed by atoms with Crippen LogP contribution in [0, 0.1) is 17.2 Å². The first-order valence-corrected chi connectivity index (χ1v) is 10.3. The first-order chi connectivity index (χ1) is 8.99. The fourth-order valence-electron chi connectivity index (χ4n) is 2.30. The zero-order valence-electron chi connectivity index (χ0n) is 14.1. The fourth-order valence-corrected chi connectivity index (χ4v) is 3.64. The highest BCUT2D eigenvalue weighted by Crippen LogP contribution is 2.41. The van der Waals surface area contributed by atoms with Gasteiger partial charge in [-0.15, -0.1) is 0 Å². The van der Waals surface area contributed by atoms with Crippen molar-refractivity contribution in [3.05, 3.63) is 23.3 Å². The van der Waals surface area contributed by atoms with Gasteiger partial charge >= 0.3 is 0 Å². The molecule has 1 rings (SSSR count). The first-order valence-electron chi connectivity index (χ1n) is 7.42. The molecule has 2 nitrogen and oxygen atoms in total. The van der Waals surface area contributed by atoms with E-state index in [2.05, 4.69) is 60.4 Å². The third-order valence-corrected chi connectivity index (χ3v) is 9.47. The van der Waals surface area contributed by atoms with Crippen LogP contribution in [0.4, 0.5) is 0 Å². The summed E-state index contributed by atoms with van der Waals surface area (Å²) in [6.45, 7) is 19.5. The van der Waals surface area contributed by atoms with Crippen LogP contribution in [-0.2, 0) is 4.43 Å². The summed E-state index contributed by atoms with van der Waals surface area (Å²) in [5, 5.41) is 9.55. The Morgan fingerprint density at radius 3 is 2.35 bits per heavy atom. The molecule has 0 spiro atoms. The molecule has 0 unspecified atom stereocenters. The first kappa shape index (κ1) is 17.2. The van der Waals surface area contributed by atoms with Gasteiger partial charge < -0.3 is 4.43 Å². The molecular weight excluding hydrogens is 262 g/mol. The number of nitrogens with zero attached hydrogens (tertiary/aromatic N) is 1. The molecule has 0 aromatic rings. The molecule has 0 aliphatic heterocycles. The van der Waals surface area contributed by atoms with Gasteiger partial charge in [0.25, 0.3) is 0 Å². The van der Waals surface area contributed by atoms with Crippen molar-refractivity contribution in [3.8, 4) is 6.07 Å². The minimum absolute atomic E-state index is 0.0843. The third kappa shape index (κ3) is 3.62. The average molecular weight is 292 g/mol. The van der Waals surface area contributed by atoms with Gasteiger partial charge in [-0.05, 0) is 56.3 Å². The lowest BCUT2D eigenvalue weighted by atomic mass is 9.80. The highest BCUT2D eigenvalue weighted by molar-refractivity contribution is 6.74. The van der Waals surface area contributed by atoms with E-state index in [0.717, 1.165) is 29.6 Å². The van der Waals surface area contributed by atoms with Crippen LogP contribution in [0.1, 0.15) is 47.5 Å². The maximum Gasteiger partial charge on any atom is 0.192 e. The largest absolute Gasteiger partial charge is 0.410 e. The van der Waals surface area contributed by atoms with Crippen LogP contribution in [0.2, 0.25) is 18.1 Å². The van der Waals surface area contributed by atoms with Crippen molar-refractivity contribution in [1.29, 1.82) is 5.26 Å². The Morgan fingerprint density at radius 1 is 1.40 bits per heavy atom. The molecule has 1 aliphatic rings. The lowest BCUT2D eigenvalue weighted by Gasteiger charge is -2.42. The summed E-state index contributed by atoms with van der Waals surface area (Å²) >= 11 is 0. The summed E-state index contributed by atoms with van der Waals surface area (Å²) in [5.74, 6) is 0.378. The lowest BCUT2D eigenvalue weighted by molar-refractivity contribution is 0.178. The molecule has 0 N–H and O–H groups in total. The Kier molecular flexibility index (Phi) is 5.05. The molecule has 0 saturated heterocycles. The molecule has 0 aromatic heterocycles. The molecule has 0 fully saturated rings. The van der Waals surface area contributed by atoms with Gasteiger partial charge in [0.1, 0.15) is 0 Å². The summed E-state index contributed by atoms with van der Waals surface area (Å²) in [5.41, 5.74) is 3.19. The van der Waals surface area contributed by atoms with E-state index in [1.54, 1.807) is 0 Å². The monoisotopic (exact) mass is 291 g/mol. The van der Waals surface area contributed by atoms with E-state index in [1.165, 1.54) is 0 Å². The molecule has 0 amide bonds. The predicted octanol–water partition coefficient (Wildman–Crippen LogP) is 5.20. The van der Waals surface area contributed by atoms with Gasteiger partial charge in [-0.25, -0.2) is 0 Å². The summed E-state index contributed by atoms with van der Waals surface area (Å²) in [6.07, 6.45) is 1.88. The standard InChI is InChI=1S/C17H29NOSi/c1-12(2)14-9-15(11-18)13(3)16(10-14)19-20(7,8)17(4,5)6/h14,16H,1,9-10H2,2-8H3/t14-,16-/m0/s1. The molecule has 20 heavy (non-hydrogen) atoms. The minimum atomic E-state index is -1.81. The van der Waals surface area contributed by atoms with Crippen molar-refractivity contribution >= 4 is 8.32 Å². The Bertz CT molecular complexity index is 462. The zero-order valence-corrected chi connectivity index (χ0v) is 15.1. The van der Waals surface area contributed by atoms with Crippen molar-refractivity contribution in [2.24, 2.45) is 5.92 Å². The summed E-state index contributed by atoms with van der Waals surface area (Å²) in [6, 6.07) is 2.37. The van der Waals surface area contributed by atoms with Crippen LogP contribution < -0.4 is 0 Å². The number of hydrogen-bond donors (Lipinski definition) is 0. The second kappa shape index (κ2) is 5.87. The van der Waals surface area contributed by atoms with E-state index in [-0.39, 0.29) is 11.1 Å². The number of nitriles is 1. The van der Waals surface area contributed by atoms with Crippen molar-refractivity contribution in [2.45, 2.75) is 71.7 Å². The zero-order chi connectivity index (χ0) is 15.7. The molecule has 112 valence electrons. The smallest absolute Gasteiger partial charge is 0.192 e. The molecular formula is C17H29NOSi. The number of allylic oxidation sites excluding steroid dienone is 2. The quantitative estimate of drug-likeness (QED) is 0.528. The fraction of sp³-hybridized carbons (Fsp3) is 0.706. The molecule has 0 radical (unpaired) electrons. The van der Waals surface area contributed by atoms with Crippen LogP contribution in [0.5, 0.6) is 0 Å². The molecule has 0 saturated carbocycles.